The number of aliphatic hydroxyl groups excluding tert-OH is 1. The summed E-state index contributed by atoms with van der Waals surface area (Å²) in [6.45, 7) is 10.8. The van der Waals surface area contributed by atoms with Crippen molar-refractivity contribution in [3.63, 3.8) is 0 Å². The Labute approximate surface area is 222 Å². The first kappa shape index (κ1) is 33.8. The molecule has 5 nitrogen and oxygen atoms in total. The van der Waals surface area contributed by atoms with Crippen molar-refractivity contribution in [2.45, 2.75) is 167 Å². The lowest BCUT2D eigenvalue weighted by Crippen LogP contribution is -2.65. The summed E-state index contributed by atoms with van der Waals surface area (Å²) in [4.78, 5) is 0. The minimum Gasteiger partial charge on any atom is -0.387 e. The first-order valence-corrected chi connectivity index (χ1v) is 15.4. The molecule has 0 unspecified atom stereocenters. The Bertz CT molecular complexity index is 438. The van der Waals surface area contributed by atoms with Crippen molar-refractivity contribution in [3.8, 4) is 0 Å². The van der Waals surface area contributed by atoms with Crippen LogP contribution in [0.4, 0.5) is 4.39 Å². The minimum absolute atomic E-state index is 0.471. The van der Waals surface area contributed by atoms with Crippen LogP contribution >= 0.6 is 0 Å². The van der Waals surface area contributed by atoms with Gasteiger partial charge in [0.2, 0.25) is 0 Å². The third-order valence-corrected chi connectivity index (χ3v) is 7.18. The van der Waals surface area contributed by atoms with Crippen molar-refractivity contribution in [2.75, 3.05) is 26.4 Å². The van der Waals surface area contributed by atoms with E-state index in [2.05, 4.69) is 27.7 Å². The van der Waals surface area contributed by atoms with Gasteiger partial charge in [-0.2, -0.15) is 0 Å². The maximum atomic E-state index is 15.6. The van der Waals surface area contributed by atoms with Crippen LogP contribution in [0.5, 0.6) is 0 Å². The first-order chi connectivity index (χ1) is 17.6. The van der Waals surface area contributed by atoms with Crippen molar-refractivity contribution >= 4 is 0 Å². The first-order valence-electron chi connectivity index (χ1n) is 15.4. The fourth-order valence-corrected chi connectivity index (χ4v) is 4.88. The fraction of sp³-hybridized carbons (Fsp3) is 1.00. The Kier molecular flexibility index (Phi) is 21.3. The molecule has 0 amide bonds. The molecule has 36 heavy (non-hydrogen) atoms. The second-order valence-electron chi connectivity index (χ2n) is 10.5. The molecule has 0 spiro atoms. The average Bonchev–Trinajstić information content (AvgIpc) is 2.88. The molecule has 0 aliphatic heterocycles. The van der Waals surface area contributed by atoms with Crippen molar-refractivity contribution in [1.82, 2.24) is 0 Å². The molecular formula is C30H59FO5. The lowest BCUT2D eigenvalue weighted by molar-refractivity contribution is -0.254. The molecule has 1 fully saturated rings. The minimum atomic E-state index is -1.56. The summed E-state index contributed by atoms with van der Waals surface area (Å²) in [7, 11) is 0. The summed E-state index contributed by atoms with van der Waals surface area (Å²) in [6, 6.07) is 0. The van der Waals surface area contributed by atoms with E-state index in [9.17, 15) is 5.11 Å². The Morgan fingerprint density at radius 2 is 0.750 bits per heavy atom. The molecule has 1 rings (SSSR count). The van der Waals surface area contributed by atoms with Crippen LogP contribution < -0.4 is 0 Å². The van der Waals surface area contributed by atoms with Gasteiger partial charge < -0.3 is 24.1 Å². The van der Waals surface area contributed by atoms with E-state index >= 15 is 4.39 Å². The summed E-state index contributed by atoms with van der Waals surface area (Å²) >= 11 is 0. The van der Waals surface area contributed by atoms with E-state index in [0.29, 0.717) is 26.4 Å². The van der Waals surface area contributed by atoms with Crippen molar-refractivity contribution < 1.29 is 28.4 Å². The molecule has 0 bridgehead atoms. The Hall–Kier alpha value is -0.270. The zero-order valence-electron chi connectivity index (χ0n) is 24.1. The second-order valence-corrected chi connectivity index (χ2v) is 10.5. The van der Waals surface area contributed by atoms with Crippen LogP contribution in [-0.4, -0.2) is 68.2 Å². The SMILES string of the molecule is CCCCCCO[C@H]1[C@H](OCCCCCC)[C@@H](OCCCCCC)[C@H](F)[C@@H](O)[C@@H]1OCCCCCC. The monoisotopic (exact) mass is 518 g/mol. The molecule has 0 heterocycles. The second kappa shape index (κ2) is 22.7. The maximum absolute atomic E-state index is 15.6. The third-order valence-electron chi connectivity index (χ3n) is 7.18. The van der Waals surface area contributed by atoms with Crippen molar-refractivity contribution in [2.24, 2.45) is 0 Å². The Morgan fingerprint density at radius 1 is 0.444 bits per heavy atom. The van der Waals surface area contributed by atoms with E-state index < -0.39 is 36.7 Å². The highest BCUT2D eigenvalue weighted by atomic mass is 19.1. The Balaban J connectivity index is 2.94. The van der Waals surface area contributed by atoms with Gasteiger partial charge in [-0.3, -0.25) is 0 Å². The van der Waals surface area contributed by atoms with Gasteiger partial charge in [-0.05, 0) is 25.7 Å². The number of rotatable bonds is 24. The molecular weight excluding hydrogens is 459 g/mol. The molecule has 6 atom stereocenters. The van der Waals surface area contributed by atoms with Crippen LogP contribution in [0.3, 0.4) is 0 Å². The van der Waals surface area contributed by atoms with Crippen LogP contribution in [0.1, 0.15) is 130 Å². The van der Waals surface area contributed by atoms with Crippen molar-refractivity contribution in [1.29, 1.82) is 0 Å². The van der Waals surface area contributed by atoms with Crippen LogP contribution in [-0.2, 0) is 18.9 Å². The van der Waals surface area contributed by atoms with E-state index in [4.69, 9.17) is 18.9 Å². The predicted molar refractivity (Wildman–Crippen MR) is 146 cm³/mol. The zero-order valence-corrected chi connectivity index (χ0v) is 24.1. The van der Waals surface area contributed by atoms with Gasteiger partial charge in [0.05, 0.1) is 0 Å². The fourth-order valence-electron chi connectivity index (χ4n) is 4.88. The van der Waals surface area contributed by atoms with E-state index in [1.165, 1.54) is 6.42 Å². The highest BCUT2D eigenvalue weighted by Gasteiger charge is 2.53. The number of unbranched alkanes of at least 4 members (excludes halogenated alkanes) is 12. The highest BCUT2D eigenvalue weighted by molar-refractivity contribution is 5.02. The van der Waals surface area contributed by atoms with Crippen LogP contribution in [0.2, 0.25) is 0 Å². The van der Waals surface area contributed by atoms with E-state index in [-0.39, 0.29) is 0 Å². The normalized spacial score (nSPS) is 26.5. The van der Waals surface area contributed by atoms with Gasteiger partial charge in [-0.25, -0.2) is 4.39 Å². The number of aliphatic hydroxyl groups is 1. The summed E-state index contributed by atoms with van der Waals surface area (Å²) in [5.41, 5.74) is 0. The molecule has 6 heteroatoms. The lowest BCUT2D eigenvalue weighted by atomic mass is 9.85. The maximum Gasteiger partial charge on any atom is 0.157 e. The standard InChI is InChI=1S/C30H59FO5/c1-5-9-13-17-21-33-27-25(31)26(32)28(34-22-18-14-10-6-2)30(36-24-20-16-12-8-4)29(27)35-23-19-15-11-7-3/h25-30,32H,5-24H2,1-4H3/t25-,26-,27+,28+,29-,30-/m1/s1. The smallest absolute Gasteiger partial charge is 0.157 e. The lowest BCUT2D eigenvalue weighted by Gasteiger charge is -2.46. The summed E-state index contributed by atoms with van der Waals surface area (Å²) in [5, 5.41) is 11.0. The van der Waals surface area contributed by atoms with Gasteiger partial charge in [-0.15, -0.1) is 0 Å². The third kappa shape index (κ3) is 13.5. The van der Waals surface area contributed by atoms with Gasteiger partial charge in [-0.1, -0.05) is 105 Å². The number of hydrogen-bond acceptors (Lipinski definition) is 5. The largest absolute Gasteiger partial charge is 0.387 e. The molecule has 1 saturated carbocycles. The molecule has 0 radical (unpaired) electrons. The summed E-state index contributed by atoms with van der Waals surface area (Å²) in [5.74, 6) is 0. The molecule has 216 valence electrons. The average molecular weight is 519 g/mol. The molecule has 0 aromatic carbocycles. The van der Waals surface area contributed by atoms with Crippen molar-refractivity contribution in [3.05, 3.63) is 0 Å². The number of ether oxygens (including phenoxy) is 4. The van der Waals surface area contributed by atoms with Crippen LogP contribution in [0, 0.1) is 0 Å². The number of halogens is 1. The summed E-state index contributed by atoms with van der Waals surface area (Å²) < 4.78 is 40.5. The predicted octanol–water partition coefficient (Wildman–Crippen LogP) is 7.56. The van der Waals surface area contributed by atoms with Gasteiger partial charge in [0.1, 0.15) is 30.5 Å². The van der Waals surface area contributed by atoms with Gasteiger partial charge >= 0.3 is 0 Å². The quantitative estimate of drug-likeness (QED) is 0.134. The van der Waals surface area contributed by atoms with E-state index in [0.717, 1.165) is 96.3 Å². The zero-order chi connectivity index (χ0) is 26.4. The molecule has 0 aromatic rings. The molecule has 1 aliphatic carbocycles. The number of hydrogen-bond donors (Lipinski definition) is 1. The van der Waals surface area contributed by atoms with Crippen LogP contribution in [0.25, 0.3) is 0 Å². The van der Waals surface area contributed by atoms with Gasteiger partial charge in [0, 0.05) is 26.4 Å². The summed E-state index contributed by atoms with van der Waals surface area (Å²) in [6.07, 6.45) is 11.7. The van der Waals surface area contributed by atoms with E-state index in [1.807, 2.05) is 0 Å². The topological polar surface area (TPSA) is 57.2 Å². The molecule has 1 N–H and O–H groups in total. The van der Waals surface area contributed by atoms with Crippen LogP contribution in [0.15, 0.2) is 0 Å². The number of alkyl halides is 1. The molecule has 0 aromatic heterocycles. The highest BCUT2D eigenvalue weighted by Crippen LogP contribution is 2.33. The van der Waals surface area contributed by atoms with Gasteiger partial charge in [0.25, 0.3) is 0 Å². The molecule has 0 saturated heterocycles. The van der Waals surface area contributed by atoms with E-state index in [1.54, 1.807) is 0 Å². The van der Waals surface area contributed by atoms with Gasteiger partial charge in [0.15, 0.2) is 6.17 Å². The Morgan fingerprint density at radius 3 is 1.11 bits per heavy atom. The molecule has 1 aliphatic rings.